The van der Waals surface area contributed by atoms with Crippen LogP contribution in [0.15, 0.2) is 42.5 Å². The van der Waals surface area contributed by atoms with E-state index in [1.807, 2.05) is 25.1 Å². The summed E-state index contributed by atoms with van der Waals surface area (Å²) in [5.41, 5.74) is 7.83. The van der Waals surface area contributed by atoms with Gasteiger partial charge in [-0.3, -0.25) is 4.79 Å². The van der Waals surface area contributed by atoms with Gasteiger partial charge in [0.2, 0.25) is 5.91 Å². The molecule has 0 aromatic heterocycles. The number of ether oxygens (including phenoxy) is 1. The smallest absolute Gasteiger partial charge is 0.244 e. The Morgan fingerprint density at radius 3 is 2.62 bits per heavy atom. The number of benzene rings is 2. The SMILES string of the molecule is Cc1cc(OCc2cccc(F)c2)ccc1NC(=O)C1(N)CCCC1.Cl. The first-order valence-corrected chi connectivity index (χ1v) is 8.54. The zero-order valence-corrected chi connectivity index (χ0v) is 15.6. The van der Waals surface area contributed by atoms with Gasteiger partial charge in [-0.2, -0.15) is 0 Å². The van der Waals surface area contributed by atoms with Gasteiger partial charge in [-0.25, -0.2) is 4.39 Å². The van der Waals surface area contributed by atoms with Crippen LogP contribution < -0.4 is 15.8 Å². The van der Waals surface area contributed by atoms with Crippen LogP contribution in [0.5, 0.6) is 5.75 Å². The van der Waals surface area contributed by atoms with Crippen molar-refractivity contribution in [3.63, 3.8) is 0 Å². The van der Waals surface area contributed by atoms with Gasteiger partial charge in [-0.15, -0.1) is 12.4 Å². The quantitative estimate of drug-likeness (QED) is 0.813. The van der Waals surface area contributed by atoms with E-state index in [2.05, 4.69) is 5.32 Å². The van der Waals surface area contributed by atoms with Gasteiger partial charge in [-0.1, -0.05) is 25.0 Å². The molecule has 1 aliphatic carbocycles. The maximum Gasteiger partial charge on any atom is 0.244 e. The molecule has 1 amide bonds. The summed E-state index contributed by atoms with van der Waals surface area (Å²) in [6.07, 6.45) is 3.45. The second-order valence-electron chi connectivity index (χ2n) is 6.71. The van der Waals surface area contributed by atoms with Gasteiger partial charge in [0.1, 0.15) is 18.2 Å². The van der Waals surface area contributed by atoms with Gasteiger partial charge in [-0.05, 0) is 61.2 Å². The minimum atomic E-state index is -0.751. The van der Waals surface area contributed by atoms with E-state index in [4.69, 9.17) is 10.5 Å². The molecule has 2 aromatic carbocycles. The van der Waals surface area contributed by atoms with Crippen molar-refractivity contribution in [3.05, 3.63) is 59.4 Å². The fraction of sp³-hybridized carbons (Fsp3) is 0.350. The molecule has 0 radical (unpaired) electrons. The third kappa shape index (κ3) is 4.74. The molecule has 0 saturated heterocycles. The third-order valence-corrected chi connectivity index (χ3v) is 4.69. The van der Waals surface area contributed by atoms with Gasteiger partial charge >= 0.3 is 0 Å². The predicted molar refractivity (Wildman–Crippen MR) is 103 cm³/mol. The van der Waals surface area contributed by atoms with E-state index in [9.17, 15) is 9.18 Å². The Bertz CT molecular complexity index is 776. The second kappa shape index (κ2) is 8.52. The van der Waals surface area contributed by atoms with Crippen LogP contribution in [0.1, 0.15) is 36.8 Å². The van der Waals surface area contributed by atoms with E-state index in [-0.39, 0.29) is 30.7 Å². The average molecular weight is 379 g/mol. The highest BCUT2D eigenvalue weighted by molar-refractivity contribution is 5.98. The molecule has 140 valence electrons. The Morgan fingerprint density at radius 2 is 1.96 bits per heavy atom. The normalized spacial score (nSPS) is 15.2. The zero-order chi connectivity index (χ0) is 17.9. The number of hydrogen-bond acceptors (Lipinski definition) is 3. The molecule has 2 aromatic rings. The minimum Gasteiger partial charge on any atom is -0.489 e. The van der Waals surface area contributed by atoms with Crippen LogP contribution in [-0.4, -0.2) is 11.4 Å². The number of aryl methyl sites for hydroxylation is 1. The molecular formula is C20H24ClFN2O2. The van der Waals surface area contributed by atoms with Crippen LogP contribution in [0.25, 0.3) is 0 Å². The number of anilines is 1. The third-order valence-electron chi connectivity index (χ3n) is 4.69. The molecule has 1 saturated carbocycles. The van der Waals surface area contributed by atoms with Gasteiger partial charge in [0.15, 0.2) is 0 Å². The molecule has 1 fully saturated rings. The lowest BCUT2D eigenvalue weighted by molar-refractivity contribution is -0.121. The molecule has 0 aliphatic heterocycles. The summed E-state index contributed by atoms with van der Waals surface area (Å²) >= 11 is 0. The second-order valence-corrected chi connectivity index (χ2v) is 6.71. The van der Waals surface area contributed by atoms with Crippen LogP contribution in [0, 0.1) is 12.7 Å². The number of amides is 1. The largest absolute Gasteiger partial charge is 0.489 e. The van der Waals surface area contributed by atoms with Gasteiger partial charge in [0, 0.05) is 5.69 Å². The van der Waals surface area contributed by atoms with Gasteiger partial charge < -0.3 is 15.8 Å². The molecule has 0 unspecified atom stereocenters. The Hall–Kier alpha value is -2.11. The Balaban J connectivity index is 0.00000243. The highest BCUT2D eigenvalue weighted by atomic mass is 35.5. The van der Waals surface area contributed by atoms with Crippen LogP contribution in [-0.2, 0) is 11.4 Å². The summed E-state index contributed by atoms with van der Waals surface area (Å²) in [5.74, 6) is 0.266. The first kappa shape index (κ1) is 20.2. The molecule has 1 aliphatic rings. The predicted octanol–water partition coefficient (Wildman–Crippen LogP) is 4.34. The number of halogens is 2. The van der Waals surface area contributed by atoms with Crippen LogP contribution in [0.2, 0.25) is 0 Å². The van der Waals surface area contributed by atoms with E-state index < -0.39 is 5.54 Å². The highest BCUT2D eigenvalue weighted by Gasteiger charge is 2.37. The zero-order valence-electron chi connectivity index (χ0n) is 14.8. The fourth-order valence-corrected chi connectivity index (χ4v) is 3.14. The fourth-order valence-electron chi connectivity index (χ4n) is 3.14. The summed E-state index contributed by atoms with van der Waals surface area (Å²) < 4.78 is 18.9. The molecule has 0 heterocycles. The molecule has 6 heteroatoms. The van der Waals surface area contributed by atoms with Crippen molar-refractivity contribution in [3.8, 4) is 5.75 Å². The Morgan fingerprint density at radius 1 is 1.23 bits per heavy atom. The molecule has 4 nitrogen and oxygen atoms in total. The number of nitrogens with one attached hydrogen (secondary N) is 1. The lowest BCUT2D eigenvalue weighted by Gasteiger charge is -2.23. The molecule has 0 bridgehead atoms. The lowest BCUT2D eigenvalue weighted by Crippen LogP contribution is -2.48. The van der Waals surface area contributed by atoms with Crippen molar-refractivity contribution in [1.82, 2.24) is 0 Å². The van der Waals surface area contributed by atoms with E-state index in [1.54, 1.807) is 12.1 Å². The summed E-state index contributed by atoms with van der Waals surface area (Å²) in [7, 11) is 0. The van der Waals surface area contributed by atoms with Crippen molar-refractivity contribution in [1.29, 1.82) is 0 Å². The number of carbonyl (C=O) groups excluding carboxylic acids is 1. The number of hydrogen-bond donors (Lipinski definition) is 2. The van der Waals surface area contributed by atoms with Crippen molar-refractivity contribution >= 4 is 24.0 Å². The molecule has 26 heavy (non-hydrogen) atoms. The summed E-state index contributed by atoms with van der Waals surface area (Å²) in [4.78, 5) is 12.4. The summed E-state index contributed by atoms with van der Waals surface area (Å²) in [5, 5.41) is 2.93. The number of nitrogens with two attached hydrogens (primary N) is 1. The van der Waals surface area contributed by atoms with Crippen molar-refractivity contribution in [2.75, 3.05) is 5.32 Å². The molecule has 3 N–H and O–H groups in total. The Kier molecular flexibility index (Phi) is 6.62. The standard InChI is InChI=1S/C20H23FN2O2.ClH/c1-14-11-17(25-13-15-5-4-6-16(21)12-15)7-8-18(14)23-19(24)20(22)9-2-3-10-20;/h4-8,11-12H,2-3,9-10,13,22H2,1H3,(H,23,24);1H. The molecule has 0 spiro atoms. The minimum absolute atomic E-state index is 0. The van der Waals surface area contributed by atoms with Crippen molar-refractivity contribution < 1.29 is 13.9 Å². The molecular weight excluding hydrogens is 355 g/mol. The van der Waals surface area contributed by atoms with Gasteiger partial charge in [0.05, 0.1) is 5.54 Å². The lowest BCUT2D eigenvalue weighted by atomic mass is 9.98. The summed E-state index contributed by atoms with van der Waals surface area (Å²) in [6, 6.07) is 11.8. The van der Waals surface area contributed by atoms with E-state index >= 15 is 0 Å². The van der Waals surface area contributed by atoms with E-state index in [0.717, 1.165) is 42.5 Å². The Labute approximate surface area is 159 Å². The average Bonchev–Trinajstić information content (AvgIpc) is 3.03. The number of rotatable bonds is 5. The summed E-state index contributed by atoms with van der Waals surface area (Å²) in [6.45, 7) is 2.19. The van der Waals surface area contributed by atoms with Crippen LogP contribution >= 0.6 is 12.4 Å². The van der Waals surface area contributed by atoms with Crippen molar-refractivity contribution in [2.45, 2.75) is 44.8 Å². The van der Waals surface area contributed by atoms with Crippen LogP contribution in [0.4, 0.5) is 10.1 Å². The van der Waals surface area contributed by atoms with Crippen LogP contribution in [0.3, 0.4) is 0 Å². The maximum absolute atomic E-state index is 13.2. The maximum atomic E-state index is 13.2. The number of carbonyl (C=O) groups is 1. The van der Waals surface area contributed by atoms with E-state index in [1.165, 1.54) is 12.1 Å². The topological polar surface area (TPSA) is 64.3 Å². The first-order valence-electron chi connectivity index (χ1n) is 8.54. The first-order chi connectivity index (χ1) is 12.0. The van der Waals surface area contributed by atoms with E-state index in [0.29, 0.717) is 5.75 Å². The molecule has 3 rings (SSSR count). The van der Waals surface area contributed by atoms with Crippen molar-refractivity contribution in [2.24, 2.45) is 5.73 Å². The molecule has 0 atom stereocenters. The monoisotopic (exact) mass is 378 g/mol. The van der Waals surface area contributed by atoms with Gasteiger partial charge in [0.25, 0.3) is 0 Å². The highest BCUT2D eigenvalue weighted by Crippen LogP contribution is 2.29.